The SMILES string of the molecule is CC[C@H]1CC[C@H](CC[C@H]2CC[C@H](c3ccc4cc(F)ccc4c3)CC2)CC1. The predicted molar refractivity (Wildman–Crippen MR) is 114 cm³/mol. The maximum atomic E-state index is 13.4. The molecule has 2 aliphatic carbocycles. The van der Waals surface area contributed by atoms with Crippen LogP contribution in [-0.2, 0) is 0 Å². The van der Waals surface area contributed by atoms with Crippen LogP contribution >= 0.6 is 0 Å². The molecule has 0 nitrogen and oxygen atoms in total. The molecule has 0 saturated heterocycles. The molecule has 0 N–H and O–H groups in total. The summed E-state index contributed by atoms with van der Waals surface area (Å²) in [5, 5.41) is 2.20. The molecule has 0 aromatic heterocycles. The Labute approximate surface area is 164 Å². The second-order valence-corrected chi connectivity index (χ2v) is 9.34. The van der Waals surface area contributed by atoms with Gasteiger partial charge in [-0.15, -0.1) is 0 Å². The summed E-state index contributed by atoms with van der Waals surface area (Å²) in [6.45, 7) is 2.36. The van der Waals surface area contributed by atoms with Gasteiger partial charge in [-0.2, -0.15) is 0 Å². The zero-order valence-electron chi connectivity index (χ0n) is 16.9. The molecule has 0 aliphatic heterocycles. The van der Waals surface area contributed by atoms with Crippen LogP contribution in [0.5, 0.6) is 0 Å². The van der Waals surface area contributed by atoms with Crippen molar-refractivity contribution in [3.8, 4) is 0 Å². The third-order valence-corrected chi connectivity index (χ3v) is 7.67. The van der Waals surface area contributed by atoms with E-state index in [0.29, 0.717) is 5.92 Å². The number of benzene rings is 2. The quantitative estimate of drug-likeness (QED) is 0.499. The number of hydrogen-bond donors (Lipinski definition) is 0. The summed E-state index contributed by atoms with van der Waals surface area (Å²) in [5.41, 5.74) is 1.46. The number of hydrogen-bond acceptors (Lipinski definition) is 0. The molecule has 1 heteroatoms. The van der Waals surface area contributed by atoms with Gasteiger partial charge in [-0.1, -0.05) is 76.1 Å². The first kappa shape index (κ1) is 19.0. The molecule has 2 aromatic carbocycles. The first-order valence-electron chi connectivity index (χ1n) is 11.4. The second kappa shape index (κ2) is 8.76. The largest absolute Gasteiger partial charge is 0.207 e. The monoisotopic (exact) mass is 366 g/mol. The fourth-order valence-electron chi connectivity index (χ4n) is 5.67. The van der Waals surface area contributed by atoms with Gasteiger partial charge in [0.2, 0.25) is 0 Å². The van der Waals surface area contributed by atoms with E-state index < -0.39 is 0 Å². The predicted octanol–water partition coefficient (Wildman–Crippen LogP) is 8.25. The van der Waals surface area contributed by atoms with Gasteiger partial charge >= 0.3 is 0 Å². The Balaban J connectivity index is 1.26. The number of fused-ring (bicyclic) bond motifs is 1. The normalized spacial score (nSPS) is 29.1. The molecule has 27 heavy (non-hydrogen) atoms. The van der Waals surface area contributed by atoms with E-state index in [1.807, 2.05) is 6.07 Å². The third kappa shape index (κ3) is 4.73. The number of halogens is 1. The highest BCUT2D eigenvalue weighted by atomic mass is 19.1. The van der Waals surface area contributed by atoms with Crippen LogP contribution in [0.1, 0.15) is 89.0 Å². The Kier molecular flexibility index (Phi) is 6.15. The maximum absolute atomic E-state index is 13.4. The van der Waals surface area contributed by atoms with Crippen molar-refractivity contribution in [1.29, 1.82) is 0 Å². The van der Waals surface area contributed by atoms with Crippen molar-refractivity contribution >= 4 is 10.8 Å². The van der Waals surface area contributed by atoms with Gasteiger partial charge in [0, 0.05) is 0 Å². The molecule has 0 amide bonds. The molecule has 0 bridgehead atoms. The van der Waals surface area contributed by atoms with Crippen molar-refractivity contribution in [3.63, 3.8) is 0 Å². The van der Waals surface area contributed by atoms with Crippen LogP contribution < -0.4 is 0 Å². The van der Waals surface area contributed by atoms with E-state index in [1.54, 1.807) is 12.1 Å². The molecular formula is C26H35F. The molecule has 2 saturated carbocycles. The van der Waals surface area contributed by atoms with Gasteiger partial charge in [-0.05, 0) is 77.8 Å². The van der Waals surface area contributed by atoms with Crippen LogP contribution in [0.3, 0.4) is 0 Å². The lowest BCUT2D eigenvalue weighted by atomic mass is 9.74. The van der Waals surface area contributed by atoms with E-state index in [0.717, 1.165) is 23.1 Å². The minimum absolute atomic E-state index is 0.140. The Morgan fingerprint density at radius 2 is 1.26 bits per heavy atom. The fraction of sp³-hybridized carbons (Fsp3) is 0.615. The standard InChI is InChI=1S/C26H35F/c1-2-19-3-5-20(6-4-19)7-8-21-9-11-22(12-10-21)23-13-14-25-18-26(27)16-15-24(25)17-23/h13-22H,2-12H2,1H3/t19-,20-,21-,22-. The molecule has 4 rings (SSSR count). The van der Waals surface area contributed by atoms with Crippen LogP contribution in [0.4, 0.5) is 4.39 Å². The summed E-state index contributed by atoms with van der Waals surface area (Å²) < 4.78 is 13.4. The van der Waals surface area contributed by atoms with E-state index in [-0.39, 0.29) is 5.82 Å². The van der Waals surface area contributed by atoms with E-state index in [4.69, 9.17) is 0 Å². The molecule has 0 atom stereocenters. The van der Waals surface area contributed by atoms with Gasteiger partial charge in [-0.3, -0.25) is 0 Å². The van der Waals surface area contributed by atoms with Crippen LogP contribution in [0.15, 0.2) is 36.4 Å². The van der Waals surface area contributed by atoms with Crippen LogP contribution in [0.25, 0.3) is 10.8 Å². The molecular weight excluding hydrogens is 331 g/mol. The molecule has 0 radical (unpaired) electrons. The van der Waals surface area contributed by atoms with Crippen molar-refractivity contribution < 1.29 is 4.39 Å². The lowest BCUT2D eigenvalue weighted by Crippen LogP contribution is -2.17. The molecule has 0 heterocycles. The van der Waals surface area contributed by atoms with E-state index in [9.17, 15) is 4.39 Å². The van der Waals surface area contributed by atoms with Crippen LogP contribution in [-0.4, -0.2) is 0 Å². The first-order valence-corrected chi connectivity index (χ1v) is 11.4. The highest BCUT2D eigenvalue weighted by Gasteiger charge is 2.25. The Morgan fingerprint density at radius 1 is 0.704 bits per heavy atom. The Morgan fingerprint density at radius 3 is 1.93 bits per heavy atom. The summed E-state index contributed by atoms with van der Waals surface area (Å²) in [4.78, 5) is 0. The lowest BCUT2D eigenvalue weighted by Gasteiger charge is -2.32. The van der Waals surface area contributed by atoms with Crippen molar-refractivity contribution in [2.24, 2.45) is 17.8 Å². The first-order chi connectivity index (χ1) is 13.2. The molecule has 0 unspecified atom stereocenters. The minimum atomic E-state index is -0.140. The molecule has 146 valence electrons. The van der Waals surface area contributed by atoms with Crippen molar-refractivity contribution in [2.75, 3.05) is 0 Å². The summed E-state index contributed by atoms with van der Waals surface area (Å²) >= 11 is 0. The highest BCUT2D eigenvalue weighted by molar-refractivity contribution is 5.83. The van der Waals surface area contributed by atoms with E-state index in [2.05, 4.69) is 25.1 Å². The minimum Gasteiger partial charge on any atom is -0.207 e. The summed E-state index contributed by atoms with van der Waals surface area (Å²) in [7, 11) is 0. The topological polar surface area (TPSA) is 0 Å². The van der Waals surface area contributed by atoms with Gasteiger partial charge in [0.15, 0.2) is 0 Å². The second-order valence-electron chi connectivity index (χ2n) is 9.34. The molecule has 2 aromatic rings. The number of rotatable bonds is 5. The van der Waals surface area contributed by atoms with Gasteiger partial charge in [0.05, 0.1) is 0 Å². The van der Waals surface area contributed by atoms with Crippen LogP contribution in [0, 0.1) is 23.6 Å². The van der Waals surface area contributed by atoms with Gasteiger partial charge in [0.1, 0.15) is 5.82 Å². The maximum Gasteiger partial charge on any atom is 0.123 e. The summed E-state index contributed by atoms with van der Waals surface area (Å²) in [6.07, 6.45) is 15.8. The smallest absolute Gasteiger partial charge is 0.123 e. The lowest BCUT2D eigenvalue weighted by molar-refractivity contribution is 0.227. The van der Waals surface area contributed by atoms with E-state index in [1.165, 1.54) is 81.6 Å². The fourth-order valence-corrected chi connectivity index (χ4v) is 5.67. The van der Waals surface area contributed by atoms with Gasteiger partial charge < -0.3 is 0 Å². The Bertz CT molecular complexity index is 733. The Hall–Kier alpha value is -1.37. The average molecular weight is 367 g/mol. The summed E-state index contributed by atoms with van der Waals surface area (Å²) in [6, 6.07) is 11.8. The zero-order valence-corrected chi connectivity index (χ0v) is 16.9. The summed E-state index contributed by atoms with van der Waals surface area (Å²) in [5.74, 6) is 3.57. The molecule has 0 spiro atoms. The highest BCUT2D eigenvalue weighted by Crippen LogP contribution is 2.40. The van der Waals surface area contributed by atoms with Crippen molar-refractivity contribution in [3.05, 3.63) is 47.8 Å². The average Bonchev–Trinajstić information content (AvgIpc) is 2.72. The molecule has 2 fully saturated rings. The van der Waals surface area contributed by atoms with Crippen molar-refractivity contribution in [1.82, 2.24) is 0 Å². The molecule has 2 aliphatic rings. The zero-order chi connectivity index (χ0) is 18.6. The third-order valence-electron chi connectivity index (χ3n) is 7.67. The van der Waals surface area contributed by atoms with Gasteiger partial charge in [-0.25, -0.2) is 4.39 Å². The van der Waals surface area contributed by atoms with Crippen molar-refractivity contribution in [2.45, 2.75) is 83.5 Å². The van der Waals surface area contributed by atoms with Crippen LogP contribution in [0.2, 0.25) is 0 Å². The van der Waals surface area contributed by atoms with E-state index >= 15 is 0 Å². The van der Waals surface area contributed by atoms with Gasteiger partial charge in [0.25, 0.3) is 0 Å².